The zero-order valence-corrected chi connectivity index (χ0v) is 20.1. The van der Waals surface area contributed by atoms with E-state index in [1.165, 1.54) is 32.1 Å². The second-order valence-corrected chi connectivity index (χ2v) is 10.1. The van der Waals surface area contributed by atoms with Crippen LogP contribution < -0.4 is 10.2 Å². The standard InChI is InChI=1S/C26H35N5O3/c1-29-22-17-19(8-9-20(22)25(28-29)21-10-11-23(32)27-26(21)34)30-13-15-31(16-14-30)24(33)12-7-18-5-3-2-4-6-18/h8-9,17-18,21H,2-7,10-16H2,1H3,(H,27,32,34). The first-order chi connectivity index (χ1) is 16.5. The van der Waals surface area contributed by atoms with Crippen LogP contribution in [0.3, 0.4) is 0 Å². The highest BCUT2D eigenvalue weighted by Gasteiger charge is 2.32. The third-order valence-electron chi connectivity index (χ3n) is 7.92. The molecule has 8 heteroatoms. The summed E-state index contributed by atoms with van der Waals surface area (Å²) in [4.78, 5) is 41.0. The Morgan fingerprint density at radius 2 is 1.82 bits per heavy atom. The highest BCUT2D eigenvalue weighted by atomic mass is 16.2. The van der Waals surface area contributed by atoms with Gasteiger partial charge in [-0.25, -0.2) is 0 Å². The van der Waals surface area contributed by atoms with Gasteiger partial charge in [0.1, 0.15) is 0 Å². The van der Waals surface area contributed by atoms with Crippen LogP contribution in [0.25, 0.3) is 10.9 Å². The number of hydrogen-bond acceptors (Lipinski definition) is 5. The molecule has 1 aromatic carbocycles. The smallest absolute Gasteiger partial charge is 0.235 e. The molecule has 0 spiro atoms. The lowest BCUT2D eigenvalue weighted by Gasteiger charge is -2.36. The molecule has 1 unspecified atom stereocenters. The predicted octanol–water partition coefficient (Wildman–Crippen LogP) is 3.10. The Morgan fingerprint density at radius 1 is 1.06 bits per heavy atom. The summed E-state index contributed by atoms with van der Waals surface area (Å²) in [6, 6.07) is 6.25. The van der Waals surface area contributed by atoms with Crippen LogP contribution in [-0.4, -0.2) is 58.6 Å². The topological polar surface area (TPSA) is 87.5 Å². The lowest BCUT2D eigenvalue weighted by atomic mass is 9.86. The van der Waals surface area contributed by atoms with Crippen molar-refractivity contribution >= 4 is 34.3 Å². The van der Waals surface area contributed by atoms with Crippen molar-refractivity contribution in [3.05, 3.63) is 23.9 Å². The number of nitrogens with one attached hydrogen (secondary N) is 1. The molecule has 0 radical (unpaired) electrons. The molecule has 5 rings (SSSR count). The van der Waals surface area contributed by atoms with E-state index in [4.69, 9.17) is 0 Å². The maximum absolute atomic E-state index is 12.7. The van der Waals surface area contributed by atoms with Gasteiger partial charge >= 0.3 is 0 Å². The van der Waals surface area contributed by atoms with Crippen molar-refractivity contribution in [1.29, 1.82) is 0 Å². The molecule has 3 amide bonds. The maximum atomic E-state index is 12.7. The van der Waals surface area contributed by atoms with Crippen molar-refractivity contribution in [1.82, 2.24) is 20.0 Å². The average molecular weight is 466 g/mol. The van der Waals surface area contributed by atoms with Crippen molar-refractivity contribution in [2.75, 3.05) is 31.1 Å². The van der Waals surface area contributed by atoms with Gasteiger partial charge in [0.2, 0.25) is 17.7 Å². The number of carbonyl (C=O) groups excluding carboxylic acids is 3. The molecule has 2 saturated heterocycles. The summed E-state index contributed by atoms with van der Waals surface area (Å²) >= 11 is 0. The number of amides is 3. The number of rotatable bonds is 5. The van der Waals surface area contributed by atoms with E-state index in [1.54, 1.807) is 0 Å². The van der Waals surface area contributed by atoms with Gasteiger partial charge in [-0.2, -0.15) is 5.10 Å². The minimum absolute atomic E-state index is 0.213. The molecule has 1 aromatic heterocycles. The summed E-state index contributed by atoms with van der Waals surface area (Å²) in [6.45, 7) is 3.15. The number of aryl methyl sites for hydroxylation is 1. The summed E-state index contributed by atoms with van der Waals surface area (Å²) in [5.41, 5.74) is 2.82. The van der Waals surface area contributed by atoms with Crippen molar-refractivity contribution in [2.45, 2.75) is 63.7 Å². The molecule has 8 nitrogen and oxygen atoms in total. The Labute approximate surface area is 200 Å². The molecule has 182 valence electrons. The van der Waals surface area contributed by atoms with Crippen LogP contribution in [0.5, 0.6) is 0 Å². The first-order valence-electron chi connectivity index (χ1n) is 12.8. The van der Waals surface area contributed by atoms with Crippen LogP contribution in [-0.2, 0) is 21.4 Å². The number of aromatic nitrogens is 2. The van der Waals surface area contributed by atoms with Crippen LogP contribution in [0, 0.1) is 5.92 Å². The number of benzene rings is 1. The number of nitrogens with zero attached hydrogens (tertiary/aromatic N) is 4. The number of piperidine rings is 1. The van der Waals surface area contributed by atoms with Crippen molar-refractivity contribution < 1.29 is 14.4 Å². The van der Waals surface area contributed by atoms with Gasteiger partial charge in [0.05, 0.1) is 17.1 Å². The minimum Gasteiger partial charge on any atom is -0.368 e. The monoisotopic (exact) mass is 465 g/mol. The van der Waals surface area contributed by atoms with Gasteiger partial charge in [-0.05, 0) is 37.0 Å². The maximum Gasteiger partial charge on any atom is 0.235 e. The van der Waals surface area contributed by atoms with E-state index < -0.39 is 5.92 Å². The fraction of sp³-hybridized carbons (Fsp3) is 0.615. The molecule has 3 fully saturated rings. The zero-order chi connectivity index (χ0) is 23.7. The lowest BCUT2D eigenvalue weighted by Crippen LogP contribution is -2.48. The summed E-state index contributed by atoms with van der Waals surface area (Å²) in [7, 11) is 1.89. The average Bonchev–Trinajstić information content (AvgIpc) is 3.19. The molecule has 1 saturated carbocycles. The SMILES string of the molecule is Cn1nc(C2CCC(=O)NC2=O)c2ccc(N3CCN(C(=O)CCC4CCCCC4)CC3)cc21. The van der Waals surface area contributed by atoms with Gasteiger partial charge in [-0.1, -0.05) is 32.1 Å². The Bertz CT molecular complexity index is 1080. The Kier molecular flexibility index (Phi) is 6.57. The molecule has 3 heterocycles. The Hall–Kier alpha value is -2.90. The number of hydrogen-bond donors (Lipinski definition) is 1. The highest BCUT2D eigenvalue weighted by molar-refractivity contribution is 6.02. The number of piperazine rings is 1. The molecular weight excluding hydrogens is 430 g/mol. The first-order valence-corrected chi connectivity index (χ1v) is 12.8. The van der Waals surface area contributed by atoms with Crippen molar-refractivity contribution in [3.8, 4) is 0 Å². The fourth-order valence-electron chi connectivity index (χ4n) is 5.86. The normalized spacial score (nSPS) is 22.3. The molecule has 2 aromatic rings. The van der Waals surface area contributed by atoms with Gasteiger partial charge < -0.3 is 9.80 Å². The van der Waals surface area contributed by atoms with Gasteiger partial charge in [-0.15, -0.1) is 0 Å². The van der Waals surface area contributed by atoms with E-state index in [0.717, 1.165) is 60.8 Å². The van der Waals surface area contributed by atoms with Crippen LogP contribution in [0.2, 0.25) is 0 Å². The molecule has 1 N–H and O–H groups in total. The van der Waals surface area contributed by atoms with Crippen LogP contribution in [0.15, 0.2) is 18.2 Å². The molecular formula is C26H35N5O3. The van der Waals surface area contributed by atoms with Crippen LogP contribution in [0.1, 0.15) is 69.4 Å². The third-order valence-corrected chi connectivity index (χ3v) is 7.92. The largest absolute Gasteiger partial charge is 0.368 e. The Balaban J connectivity index is 1.21. The number of anilines is 1. The van der Waals surface area contributed by atoms with Gasteiger partial charge in [0, 0.05) is 57.1 Å². The summed E-state index contributed by atoms with van der Waals surface area (Å²) in [5, 5.41) is 8.04. The van der Waals surface area contributed by atoms with Gasteiger partial charge in [0.25, 0.3) is 0 Å². The second kappa shape index (κ2) is 9.76. The lowest BCUT2D eigenvalue weighted by molar-refractivity contribution is -0.134. The summed E-state index contributed by atoms with van der Waals surface area (Å²) in [6.07, 6.45) is 9.17. The number of fused-ring (bicyclic) bond motifs is 1. The predicted molar refractivity (Wildman–Crippen MR) is 130 cm³/mol. The molecule has 3 aliphatic rings. The van der Waals surface area contributed by atoms with E-state index >= 15 is 0 Å². The third kappa shape index (κ3) is 4.68. The Morgan fingerprint density at radius 3 is 2.56 bits per heavy atom. The molecule has 1 aliphatic carbocycles. The van der Waals surface area contributed by atoms with E-state index in [-0.39, 0.29) is 11.8 Å². The van der Waals surface area contributed by atoms with E-state index in [2.05, 4.69) is 27.4 Å². The van der Waals surface area contributed by atoms with Crippen molar-refractivity contribution in [2.24, 2.45) is 13.0 Å². The van der Waals surface area contributed by atoms with E-state index in [1.807, 2.05) is 22.7 Å². The first kappa shape index (κ1) is 22.9. The number of imide groups is 1. The van der Waals surface area contributed by atoms with Crippen molar-refractivity contribution in [3.63, 3.8) is 0 Å². The molecule has 1 atom stereocenters. The fourth-order valence-corrected chi connectivity index (χ4v) is 5.86. The second-order valence-electron chi connectivity index (χ2n) is 10.1. The molecule has 0 bridgehead atoms. The summed E-state index contributed by atoms with van der Waals surface area (Å²) < 4.78 is 1.82. The van der Waals surface area contributed by atoms with Gasteiger partial charge in [-0.3, -0.25) is 24.4 Å². The zero-order valence-electron chi connectivity index (χ0n) is 20.1. The molecule has 2 aliphatic heterocycles. The molecule has 34 heavy (non-hydrogen) atoms. The quantitative estimate of drug-likeness (QED) is 0.686. The van der Waals surface area contributed by atoms with E-state index in [0.29, 0.717) is 25.2 Å². The summed E-state index contributed by atoms with van der Waals surface area (Å²) in [5.74, 6) is 0.186. The van der Waals surface area contributed by atoms with Crippen LogP contribution in [0.4, 0.5) is 5.69 Å². The highest BCUT2D eigenvalue weighted by Crippen LogP contribution is 2.32. The van der Waals surface area contributed by atoms with Gasteiger partial charge in [0.15, 0.2) is 0 Å². The number of carbonyl (C=O) groups is 3. The minimum atomic E-state index is -0.393. The van der Waals surface area contributed by atoms with Crippen LogP contribution >= 0.6 is 0 Å². The van der Waals surface area contributed by atoms with E-state index in [9.17, 15) is 14.4 Å².